The Morgan fingerprint density at radius 3 is 2.88 bits per heavy atom. The van der Waals surface area contributed by atoms with E-state index in [2.05, 4.69) is 17.9 Å². The van der Waals surface area contributed by atoms with Crippen molar-refractivity contribution in [2.24, 2.45) is 0 Å². The summed E-state index contributed by atoms with van der Waals surface area (Å²) in [5, 5.41) is 4.55. The summed E-state index contributed by atoms with van der Waals surface area (Å²) in [5.41, 5.74) is 7.16. The summed E-state index contributed by atoms with van der Waals surface area (Å²) < 4.78 is 6.80. The molecular formula is C10H10ClN3OS. The highest BCUT2D eigenvalue weighted by atomic mass is 35.5. The highest BCUT2D eigenvalue weighted by molar-refractivity contribution is 7.78. The van der Waals surface area contributed by atoms with Crippen LogP contribution in [0.3, 0.4) is 0 Å². The third-order valence-corrected chi connectivity index (χ3v) is 2.65. The van der Waals surface area contributed by atoms with Crippen LogP contribution in [0.15, 0.2) is 30.5 Å². The SMILES string of the molecule is Nc1cccc(Cl)c1COc1ccn(S)n1. The fourth-order valence-electron chi connectivity index (χ4n) is 1.25. The Kier molecular flexibility index (Phi) is 3.26. The second kappa shape index (κ2) is 4.67. The summed E-state index contributed by atoms with van der Waals surface area (Å²) in [7, 11) is 0. The second-order valence-corrected chi connectivity index (χ2v) is 3.99. The first-order valence-electron chi connectivity index (χ1n) is 4.57. The highest BCUT2D eigenvalue weighted by Crippen LogP contribution is 2.23. The number of anilines is 1. The van der Waals surface area contributed by atoms with E-state index in [1.165, 1.54) is 4.09 Å². The van der Waals surface area contributed by atoms with Crippen molar-refractivity contribution in [2.45, 2.75) is 6.61 Å². The molecule has 0 aliphatic carbocycles. The van der Waals surface area contributed by atoms with Gasteiger partial charge in [0, 0.05) is 28.5 Å². The maximum Gasteiger partial charge on any atom is 0.234 e. The van der Waals surface area contributed by atoms with E-state index < -0.39 is 0 Å². The van der Waals surface area contributed by atoms with Gasteiger partial charge in [-0.25, -0.2) is 4.09 Å². The van der Waals surface area contributed by atoms with E-state index in [1.54, 1.807) is 30.5 Å². The third kappa shape index (κ3) is 2.43. The molecule has 84 valence electrons. The van der Waals surface area contributed by atoms with Gasteiger partial charge < -0.3 is 10.5 Å². The molecule has 0 atom stereocenters. The molecule has 1 aromatic heterocycles. The number of nitrogens with two attached hydrogens (primary N) is 1. The van der Waals surface area contributed by atoms with Gasteiger partial charge in [-0.15, -0.1) is 5.10 Å². The molecule has 0 radical (unpaired) electrons. The third-order valence-electron chi connectivity index (χ3n) is 2.07. The van der Waals surface area contributed by atoms with Gasteiger partial charge in [0.2, 0.25) is 5.88 Å². The minimum atomic E-state index is 0.288. The monoisotopic (exact) mass is 255 g/mol. The Balaban J connectivity index is 2.10. The van der Waals surface area contributed by atoms with Crippen LogP contribution >= 0.6 is 24.4 Å². The summed E-state index contributed by atoms with van der Waals surface area (Å²) in [6.07, 6.45) is 1.68. The largest absolute Gasteiger partial charge is 0.472 e. The first kappa shape index (κ1) is 11.2. The zero-order valence-corrected chi connectivity index (χ0v) is 9.95. The molecule has 0 spiro atoms. The molecule has 1 aromatic carbocycles. The van der Waals surface area contributed by atoms with Crippen LogP contribution in [0.1, 0.15) is 5.56 Å². The van der Waals surface area contributed by atoms with Crippen LogP contribution in [0, 0.1) is 0 Å². The number of thiol groups is 1. The molecule has 0 fully saturated rings. The van der Waals surface area contributed by atoms with Crippen LogP contribution < -0.4 is 10.5 Å². The lowest BCUT2D eigenvalue weighted by atomic mass is 10.2. The summed E-state index contributed by atoms with van der Waals surface area (Å²) in [5.74, 6) is 0.481. The number of hydrogen-bond acceptors (Lipinski definition) is 4. The molecule has 2 aromatic rings. The Labute approximate surface area is 104 Å². The number of nitrogen functional groups attached to an aromatic ring is 1. The van der Waals surface area contributed by atoms with Crippen molar-refractivity contribution in [3.8, 4) is 5.88 Å². The fourth-order valence-corrected chi connectivity index (χ4v) is 1.64. The molecule has 0 aliphatic rings. The van der Waals surface area contributed by atoms with E-state index in [4.69, 9.17) is 22.1 Å². The topological polar surface area (TPSA) is 53.1 Å². The summed E-state index contributed by atoms with van der Waals surface area (Å²) in [4.78, 5) is 0. The second-order valence-electron chi connectivity index (χ2n) is 3.17. The van der Waals surface area contributed by atoms with Gasteiger partial charge >= 0.3 is 0 Å². The average molecular weight is 256 g/mol. The summed E-state index contributed by atoms with van der Waals surface area (Å²) in [6, 6.07) is 7.05. The standard InChI is InChI=1S/C10H10ClN3OS/c11-8-2-1-3-9(12)7(8)6-15-10-4-5-14(16)13-10/h1-5,16H,6,12H2. The summed E-state index contributed by atoms with van der Waals surface area (Å²) >= 11 is 10.0. The number of ether oxygens (including phenoxy) is 1. The first-order valence-corrected chi connectivity index (χ1v) is 5.35. The van der Waals surface area contributed by atoms with Crippen LogP contribution in [-0.4, -0.2) is 9.19 Å². The van der Waals surface area contributed by atoms with Crippen LogP contribution in [-0.2, 0) is 6.61 Å². The molecule has 0 aliphatic heterocycles. The van der Waals surface area contributed by atoms with E-state index in [0.717, 1.165) is 5.56 Å². The van der Waals surface area contributed by atoms with Gasteiger partial charge in [0.25, 0.3) is 0 Å². The lowest BCUT2D eigenvalue weighted by molar-refractivity contribution is 0.293. The smallest absolute Gasteiger partial charge is 0.234 e. The van der Waals surface area contributed by atoms with Crippen molar-refractivity contribution < 1.29 is 4.74 Å². The number of aromatic nitrogens is 2. The molecule has 0 bridgehead atoms. The maximum absolute atomic E-state index is 6.00. The van der Waals surface area contributed by atoms with Crippen LogP contribution in [0.5, 0.6) is 5.88 Å². The molecule has 1 heterocycles. The molecule has 2 rings (SSSR count). The number of rotatable bonds is 3. The Morgan fingerprint density at radius 2 is 2.25 bits per heavy atom. The van der Waals surface area contributed by atoms with Crippen LogP contribution in [0.4, 0.5) is 5.69 Å². The van der Waals surface area contributed by atoms with E-state index >= 15 is 0 Å². The van der Waals surface area contributed by atoms with E-state index in [-0.39, 0.29) is 6.61 Å². The van der Waals surface area contributed by atoms with Crippen LogP contribution in [0.2, 0.25) is 5.02 Å². The lowest BCUT2D eigenvalue weighted by Gasteiger charge is -2.07. The van der Waals surface area contributed by atoms with Gasteiger partial charge in [-0.3, -0.25) is 0 Å². The number of nitrogens with zero attached hydrogens (tertiary/aromatic N) is 2. The molecule has 0 saturated carbocycles. The normalized spacial score (nSPS) is 10.4. The van der Waals surface area contributed by atoms with Crippen molar-refractivity contribution in [3.63, 3.8) is 0 Å². The van der Waals surface area contributed by atoms with Crippen LogP contribution in [0.25, 0.3) is 0 Å². The van der Waals surface area contributed by atoms with Gasteiger partial charge in [0.15, 0.2) is 0 Å². The lowest BCUT2D eigenvalue weighted by Crippen LogP contribution is -2.01. The van der Waals surface area contributed by atoms with Crippen molar-refractivity contribution in [3.05, 3.63) is 41.0 Å². The van der Waals surface area contributed by atoms with E-state index in [9.17, 15) is 0 Å². The van der Waals surface area contributed by atoms with Gasteiger partial charge in [-0.05, 0) is 24.9 Å². The van der Waals surface area contributed by atoms with Gasteiger partial charge in [-0.1, -0.05) is 17.7 Å². The molecule has 4 nitrogen and oxygen atoms in total. The first-order chi connectivity index (χ1) is 7.66. The Hall–Kier alpha value is -1.33. The molecule has 6 heteroatoms. The molecule has 2 N–H and O–H groups in total. The van der Waals surface area contributed by atoms with Crippen molar-refractivity contribution >= 4 is 30.1 Å². The van der Waals surface area contributed by atoms with Crippen molar-refractivity contribution in [2.75, 3.05) is 5.73 Å². The van der Waals surface area contributed by atoms with Gasteiger partial charge in [0.05, 0.1) is 0 Å². The van der Waals surface area contributed by atoms with E-state index in [0.29, 0.717) is 16.6 Å². The predicted molar refractivity (Wildman–Crippen MR) is 66.8 cm³/mol. The minimum absolute atomic E-state index is 0.288. The number of benzene rings is 1. The zero-order chi connectivity index (χ0) is 11.5. The molecule has 0 amide bonds. The quantitative estimate of drug-likeness (QED) is 0.654. The fraction of sp³-hybridized carbons (Fsp3) is 0.100. The molecule has 0 saturated heterocycles. The average Bonchev–Trinajstić information content (AvgIpc) is 2.63. The van der Waals surface area contributed by atoms with Gasteiger partial charge in [-0.2, -0.15) is 0 Å². The summed E-state index contributed by atoms with van der Waals surface area (Å²) in [6.45, 7) is 0.288. The minimum Gasteiger partial charge on any atom is -0.472 e. The highest BCUT2D eigenvalue weighted by Gasteiger charge is 2.06. The Bertz CT molecular complexity index is 480. The molecular weight excluding hydrogens is 246 g/mol. The van der Waals surface area contributed by atoms with Crippen molar-refractivity contribution in [1.29, 1.82) is 0 Å². The van der Waals surface area contributed by atoms with Crippen molar-refractivity contribution in [1.82, 2.24) is 9.19 Å². The zero-order valence-electron chi connectivity index (χ0n) is 8.30. The predicted octanol–water partition coefficient (Wildman–Crippen LogP) is 2.39. The molecule has 0 unspecified atom stereocenters. The Morgan fingerprint density at radius 1 is 1.44 bits per heavy atom. The molecule has 16 heavy (non-hydrogen) atoms. The number of halogens is 1. The maximum atomic E-state index is 6.00. The van der Waals surface area contributed by atoms with E-state index in [1.807, 2.05) is 0 Å². The number of hydrogen-bond donors (Lipinski definition) is 2. The van der Waals surface area contributed by atoms with Gasteiger partial charge in [0.1, 0.15) is 6.61 Å².